The molecule has 7 nitrogen and oxygen atoms in total. The molecular formula is C18H17NO6. The highest BCUT2D eigenvalue weighted by Crippen LogP contribution is 2.40. The number of nitro groups is 1. The van der Waals surface area contributed by atoms with E-state index in [0.29, 0.717) is 28.4 Å². The van der Waals surface area contributed by atoms with Gasteiger partial charge in [0.05, 0.1) is 26.3 Å². The molecule has 0 heterocycles. The largest absolute Gasteiger partial charge is 0.493 e. The molecule has 7 heteroatoms. The zero-order valence-corrected chi connectivity index (χ0v) is 14.0. The number of allylic oxidation sites excluding steroid dienone is 1. The fourth-order valence-electron chi connectivity index (χ4n) is 2.26. The van der Waals surface area contributed by atoms with Crippen molar-refractivity contribution in [2.45, 2.75) is 0 Å². The standard InChI is InChI=1S/C18H17NO6/c1-23-16-11-7-13(17(24-2)18(16)25-3)6-10-15(20)12-4-8-14(9-5-12)19(21)22/h4-11H,1-3H3. The van der Waals surface area contributed by atoms with E-state index in [1.54, 1.807) is 18.2 Å². The van der Waals surface area contributed by atoms with E-state index in [4.69, 9.17) is 14.2 Å². The second-order valence-electron chi connectivity index (χ2n) is 4.93. The fourth-order valence-corrected chi connectivity index (χ4v) is 2.26. The summed E-state index contributed by atoms with van der Waals surface area (Å²) >= 11 is 0. The lowest BCUT2D eigenvalue weighted by atomic mass is 10.1. The highest BCUT2D eigenvalue weighted by atomic mass is 16.6. The van der Waals surface area contributed by atoms with Gasteiger partial charge in [-0.2, -0.15) is 0 Å². The number of ketones is 1. The first-order chi connectivity index (χ1) is 12.0. The average molecular weight is 343 g/mol. The maximum Gasteiger partial charge on any atom is 0.269 e. The van der Waals surface area contributed by atoms with E-state index >= 15 is 0 Å². The molecule has 0 aliphatic heterocycles. The first kappa shape index (κ1) is 18.0. The first-order valence-corrected chi connectivity index (χ1v) is 7.27. The predicted molar refractivity (Wildman–Crippen MR) is 92.6 cm³/mol. The molecule has 0 fully saturated rings. The third kappa shape index (κ3) is 3.95. The minimum absolute atomic E-state index is 0.0675. The number of carbonyl (C=O) groups excluding carboxylic acids is 1. The van der Waals surface area contributed by atoms with Gasteiger partial charge in [0.25, 0.3) is 5.69 Å². The zero-order chi connectivity index (χ0) is 18.4. The number of hydrogen-bond donors (Lipinski definition) is 0. The molecule has 0 bridgehead atoms. The lowest BCUT2D eigenvalue weighted by Crippen LogP contribution is -1.98. The van der Waals surface area contributed by atoms with Crippen LogP contribution in [0.25, 0.3) is 6.08 Å². The SMILES string of the molecule is COc1ccc(C=CC(=O)c2ccc([N+](=O)[O-])cc2)c(OC)c1OC. The molecule has 2 aromatic carbocycles. The number of nitro benzene ring substituents is 1. The second-order valence-corrected chi connectivity index (χ2v) is 4.93. The summed E-state index contributed by atoms with van der Waals surface area (Å²) in [7, 11) is 4.51. The smallest absolute Gasteiger partial charge is 0.269 e. The van der Waals surface area contributed by atoms with Gasteiger partial charge in [-0.05, 0) is 36.4 Å². The predicted octanol–water partition coefficient (Wildman–Crippen LogP) is 3.52. The lowest BCUT2D eigenvalue weighted by Gasteiger charge is -2.13. The minimum atomic E-state index is -0.515. The van der Waals surface area contributed by atoms with Crippen molar-refractivity contribution in [2.24, 2.45) is 0 Å². The van der Waals surface area contributed by atoms with Gasteiger partial charge in [0.1, 0.15) is 0 Å². The molecule has 130 valence electrons. The van der Waals surface area contributed by atoms with Crippen LogP contribution >= 0.6 is 0 Å². The van der Waals surface area contributed by atoms with Crippen LogP contribution < -0.4 is 14.2 Å². The molecule has 0 aliphatic rings. The number of non-ortho nitro benzene ring substituents is 1. The Hall–Kier alpha value is -3.35. The van der Waals surface area contributed by atoms with Crippen molar-refractivity contribution in [1.82, 2.24) is 0 Å². The van der Waals surface area contributed by atoms with Crippen LogP contribution in [0.4, 0.5) is 5.69 Å². The molecule has 25 heavy (non-hydrogen) atoms. The van der Waals surface area contributed by atoms with Gasteiger partial charge < -0.3 is 14.2 Å². The van der Waals surface area contributed by atoms with Crippen molar-refractivity contribution in [3.05, 3.63) is 63.7 Å². The van der Waals surface area contributed by atoms with Gasteiger partial charge in [-0.25, -0.2) is 0 Å². The van der Waals surface area contributed by atoms with E-state index in [-0.39, 0.29) is 11.5 Å². The number of methoxy groups -OCH3 is 3. The van der Waals surface area contributed by atoms with E-state index in [0.717, 1.165) is 0 Å². The number of hydrogen-bond acceptors (Lipinski definition) is 6. The van der Waals surface area contributed by atoms with Crippen molar-refractivity contribution >= 4 is 17.5 Å². The molecule has 0 N–H and O–H groups in total. The van der Waals surface area contributed by atoms with Crippen LogP contribution in [0.1, 0.15) is 15.9 Å². The molecule has 0 aromatic heterocycles. The Balaban J connectivity index is 2.29. The number of rotatable bonds is 7. The molecule has 0 amide bonds. The van der Waals surface area contributed by atoms with Crippen molar-refractivity contribution in [2.75, 3.05) is 21.3 Å². The van der Waals surface area contributed by atoms with Crippen molar-refractivity contribution in [1.29, 1.82) is 0 Å². The average Bonchev–Trinajstić information content (AvgIpc) is 2.64. The number of ether oxygens (including phenoxy) is 3. The van der Waals surface area contributed by atoms with Gasteiger partial charge in [0.2, 0.25) is 5.75 Å². The quantitative estimate of drug-likeness (QED) is 0.331. The van der Waals surface area contributed by atoms with Crippen molar-refractivity contribution < 1.29 is 23.9 Å². The Kier molecular flexibility index (Phi) is 5.73. The summed E-state index contributed by atoms with van der Waals surface area (Å²) in [6.45, 7) is 0. The van der Waals surface area contributed by atoms with Crippen molar-refractivity contribution in [3.63, 3.8) is 0 Å². The maximum absolute atomic E-state index is 12.2. The molecule has 0 unspecified atom stereocenters. The zero-order valence-electron chi connectivity index (χ0n) is 14.0. The summed E-state index contributed by atoms with van der Waals surface area (Å²) in [5.74, 6) is 1.09. The molecular weight excluding hydrogens is 326 g/mol. The van der Waals surface area contributed by atoms with Crippen molar-refractivity contribution in [3.8, 4) is 17.2 Å². The van der Waals surface area contributed by atoms with Crippen LogP contribution in [0, 0.1) is 10.1 Å². The van der Waals surface area contributed by atoms with Gasteiger partial charge in [-0.15, -0.1) is 0 Å². The molecule has 0 radical (unpaired) electrons. The fraction of sp³-hybridized carbons (Fsp3) is 0.167. The molecule has 0 atom stereocenters. The number of nitrogens with zero attached hydrogens (tertiary/aromatic N) is 1. The van der Waals surface area contributed by atoms with Crippen LogP contribution in [-0.2, 0) is 0 Å². The van der Waals surface area contributed by atoms with E-state index in [1.807, 2.05) is 0 Å². The summed E-state index contributed by atoms with van der Waals surface area (Å²) in [6, 6.07) is 8.85. The summed E-state index contributed by atoms with van der Waals surface area (Å²) in [5.41, 5.74) is 0.916. The molecule has 2 rings (SSSR count). The summed E-state index contributed by atoms with van der Waals surface area (Å²) in [4.78, 5) is 22.4. The third-order valence-corrected chi connectivity index (χ3v) is 3.51. The van der Waals surface area contributed by atoms with Crippen LogP contribution in [0.5, 0.6) is 17.2 Å². The minimum Gasteiger partial charge on any atom is -0.493 e. The Bertz CT molecular complexity index is 811. The Morgan fingerprint density at radius 1 is 0.960 bits per heavy atom. The molecule has 0 saturated carbocycles. The number of benzene rings is 2. The highest BCUT2D eigenvalue weighted by Gasteiger charge is 2.14. The van der Waals surface area contributed by atoms with Gasteiger partial charge in [-0.1, -0.05) is 0 Å². The summed E-state index contributed by atoms with van der Waals surface area (Å²) < 4.78 is 15.8. The van der Waals surface area contributed by atoms with E-state index in [2.05, 4.69) is 0 Å². The van der Waals surface area contributed by atoms with Crippen LogP contribution in [-0.4, -0.2) is 32.0 Å². The second kappa shape index (κ2) is 7.96. The van der Waals surface area contributed by atoms with Gasteiger partial charge in [-0.3, -0.25) is 14.9 Å². The van der Waals surface area contributed by atoms with Crippen LogP contribution in [0.15, 0.2) is 42.5 Å². The number of carbonyl (C=O) groups is 1. The molecule has 0 spiro atoms. The maximum atomic E-state index is 12.2. The van der Waals surface area contributed by atoms with Crippen LogP contribution in [0.3, 0.4) is 0 Å². The molecule has 0 saturated heterocycles. The Morgan fingerprint density at radius 3 is 2.12 bits per heavy atom. The molecule has 0 aliphatic carbocycles. The van der Waals surface area contributed by atoms with Gasteiger partial charge in [0.15, 0.2) is 17.3 Å². The lowest BCUT2D eigenvalue weighted by molar-refractivity contribution is -0.384. The van der Waals surface area contributed by atoms with Gasteiger partial charge >= 0.3 is 0 Å². The summed E-state index contributed by atoms with van der Waals surface area (Å²) in [6.07, 6.45) is 2.95. The highest BCUT2D eigenvalue weighted by molar-refractivity contribution is 6.07. The topological polar surface area (TPSA) is 87.9 Å². The van der Waals surface area contributed by atoms with Gasteiger partial charge in [0, 0.05) is 23.3 Å². The monoisotopic (exact) mass is 343 g/mol. The Labute approximate surface area is 144 Å². The Morgan fingerprint density at radius 2 is 1.60 bits per heavy atom. The first-order valence-electron chi connectivity index (χ1n) is 7.27. The van der Waals surface area contributed by atoms with E-state index in [9.17, 15) is 14.9 Å². The van der Waals surface area contributed by atoms with E-state index in [1.165, 1.54) is 51.7 Å². The molecule has 2 aromatic rings. The normalized spacial score (nSPS) is 10.5. The van der Waals surface area contributed by atoms with Crippen LogP contribution in [0.2, 0.25) is 0 Å². The van der Waals surface area contributed by atoms with E-state index < -0.39 is 4.92 Å². The summed E-state index contributed by atoms with van der Waals surface area (Å²) in [5, 5.41) is 10.6. The third-order valence-electron chi connectivity index (χ3n) is 3.51.